The van der Waals surface area contributed by atoms with Crippen LogP contribution in [0.5, 0.6) is 5.75 Å². The van der Waals surface area contributed by atoms with Crippen LogP contribution >= 0.6 is 0 Å². The van der Waals surface area contributed by atoms with Crippen LogP contribution in [0.2, 0.25) is 0 Å². The molecule has 0 radical (unpaired) electrons. The van der Waals surface area contributed by atoms with E-state index in [0.29, 0.717) is 13.2 Å². The number of ketones is 1. The molecule has 1 aliphatic heterocycles. The monoisotopic (exact) mass is 281 g/mol. The molecule has 0 spiro atoms. The van der Waals surface area contributed by atoms with Gasteiger partial charge in [-0.15, -0.1) is 0 Å². The van der Waals surface area contributed by atoms with E-state index in [1.165, 1.54) is 11.3 Å². The van der Waals surface area contributed by atoms with Crippen molar-refractivity contribution < 1.29 is 9.53 Å². The molecule has 3 heteroatoms. The van der Waals surface area contributed by atoms with Crippen molar-refractivity contribution in [2.45, 2.75) is 13.3 Å². The summed E-state index contributed by atoms with van der Waals surface area (Å²) in [4.78, 5) is 14.6. The summed E-state index contributed by atoms with van der Waals surface area (Å²) in [6, 6.07) is 15.7. The van der Waals surface area contributed by atoms with Crippen LogP contribution in [-0.2, 0) is 6.42 Å². The molecule has 0 unspecified atom stereocenters. The third kappa shape index (κ3) is 2.92. The van der Waals surface area contributed by atoms with E-state index < -0.39 is 0 Å². The zero-order valence-electron chi connectivity index (χ0n) is 12.2. The van der Waals surface area contributed by atoms with Gasteiger partial charge in [0.1, 0.15) is 5.75 Å². The highest BCUT2D eigenvalue weighted by Crippen LogP contribution is 2.27. The molecule has 0 aromatic heterocycles. The highest BCUT2D eigenvalue weighted by Gasteiger charge is 2.20. The Bertz CT molecular complexity index is 634. The van der Waals surface area contributed by atoms with Crippen molar-refractivity contribution in [3.8, 4) is 5.75 Å². The van der Waals surface area contributed by atoms with Crippen LogP contribution in [-0.4, -0.2) is 25.5 Å². The minimum absolute atomic E-state index is 0.148. The lowest BCUT2D eigenvalue weighted by Gasteiger charge is -2.18. The molecule has 2 aromatic carbocycles. The first kappa shape index (κ1) is 13.7. The number of benzene rings is 2. The maximum Gasteiger partial charge on any atom is 0.182 e. The average Bonchev–Trinajstić information content (AvgIpc) is 2.92. The van der Waals surface area contributed by atoms with Gasteiger partial charge in [-0.1, -0.05) is 18.2 Å². The first-order valence-corrected chi connectivity index (χ1v) is 7.37. The van der Waals surface area contributed by atoms with Crippen molar-refractivity contribution >= 4 is 11.5 Å². The fraction of sp³-hybridized carbons (Fsp3) is 0.278. The standard InChI is InChI=1S/C18H19NO2/c1-2-21-16-9-7-15(8-10-16)18(20)13-19-12-11-14-5-3-4-6-17(14)19/h3-10H,2,11-13H2,1H3. The number of fused-ring (bicyclic) bond motifs is 1. The van der Waals surface area contributed by atoms with Gasteiger partial charge in [-0.25, -0.2) is 0 Å². The van der Waals surface area contributed by atoms with Gasteiger partial charge in [0.15, 0.2) is 5.78 Å². The van der Waals surface area contributed by atoms with Gasteiger partial charge in [0, 0.05) is 17.8 Å². The molecule has 1 heterocycles. The van der Waals surface area contributed by atoms with E-state index in [4.69, 9.17) is 4.74 Å². The van der Waals surface area contributed by atoms with Gasteiger partial charge < -0.3 is 9.64 Å². The van der Waals surface area contributed by atoms with Crippen LogP contribution in [0.25, 0.3) is 0 Å². The zero-order chi connectivity index (χ0) is 14.7. The molecule has 2 aromatic rings. The van der Waals surface area contributed by atoms with Crippen LogP contribution in [0.15, 0.2) is 48.5 Å². The summed E-state index contributed by atoms with van der Waals surface area (Å²) in [5.74, 6) is 0.954. The zero-order valence-corrected chi connectivity index (χ0v) is 12.2. The van der Waals surface area contributed by atoms with Crippen molar-refractivity contribution in [2.24, 2.45) is 0 Å². The lowest BCUT2D eigenvalue weighted by Crippen LogP contribution is -2.27. The predicted molar refractivity (Wildman–Crippen MR) is 84.3 cm³/mol. The lowest BCUT2D eigenvalue weighted by atomic mass is 10.1. The molecule has 0 saturated carbocycles. The number of hydrogen-bond acceptors (Lipinski definition) is 3. The number of rotatable bonds is 5. The number of anilines is 1. The van der Waals surface area contributed by atoms with Gasteiger partial charge in [-0.05, 0) is 49.2 Å². The van der Waals surface area contributed by atoms with Crippen molar-refractivity contribution in [1.82, 2.24) is 0 Å². The fourth-order valence-electron chi connectivity index (χ4n) is 2.74. The molecule has 3 rings (SSSR count). The highest BCUT2D eigenvalue weighted by atomic mass is 16.5. The summed E-state index contributed by atoms with van der Waals surface area (Å²) in [5, 5.41) is 0. The normalized spacial score (nSPS) is 13.1. The largest absolute Gasteiger partial charge is 0.494 e. The first-order valence-electron chi connectivity index (χ1n) is 7.37. The minimum atomic E-state index is 0.148. The number of carbonyl (C=O) groups excluding carboxylic acids is 1. The summed E-state index contributed by atoms with van der Waals surface area (Å²) in [6.07, 6.45) is 1.02. The van der Waals surface area contributed by atoms with E-state index >= 15 is 0 Å². The summed E-state index contributed by atoms with van der Waals surface area (Å²) >= 11 is 0. The molecule has 0 bridgehead atoms. The number of carbonyl (C=O) groups is 1. The Morgan fingerprint density at radius 3 is 2.67 bits per heavy atom. The SMILES string of the molecule is CCOc1ccc(C(=O)CN2CCc3ccccc32)cc1. The number of hydrogen-bond donors (Lipinski definition) is 0. The molecule has 0 aliphatic carbocycles. The number of ether oxygens (including phenoxy) is 1. The number of nitrogens with zero attached hydrogens (tertiary/aromatic N) is 1. The van der Waals surface area contributed by atoms with E-state index in [1.807, 2.05) is 37.3 Å². The second-order valence-electron chi connectivity index (χ2n) is 5.18. The Kier molecular flexibility index (Phi) is 3.91. The van der Waals surface area contributed by atoms with Gasteiger partial charge in [0.25, 0.3) is 0 Å². The Labute approximate surface area is 125 Å². The Morgan fingerprint density at radius 2 is 1.90 bits per heavy atom. The lowest BCUT2D eigenvalue weighted by molar-refractivity contribution is 0.0999. The maximum absolute atomic E-state index is 12.4. The van der Waals surface area contributed by atoms with E-state index in [0.717, 1.165) is 24.3 Å². The van der Waals surface area contributed by atoms with E-state index in [-0.39, 0.29) is 5.78 Å². The van der Waals surface area contributed by atoms with Crippen LogP contribution in [0, 0.1) is 0 Å². The first-order chi connectivity index (χ1) is 10.3. The Balaban J connectivity index is 1.69. The molecule has 108 valence electrons. The van der Waals surface area contributed by atoms with Crippen LogP contribution in [0.3, 0.4) is 0 Å². The number of para-hydroxylation sites is 1. The van der Waals surface area contributed by atoms with Gasteiger partial charge in [-0.2, -0.15) is 0 Å². The quantitative estimate of drug-likeness (QED) is 0.787. The van der Waals surface area contributed by atoms with Gasteiger partial charge >= 0.3 is 0 Å². The molecule has 0 saturated heterocycles. The van der Waals surface area contributed by atoms with E-state index in [2.05, 4.69) is 23.1 Å². The van der Waals surface area contributed by atoms with Crippen molar-refractivity contribution in [3.63, 3.8) is 0 Å². The molecule has 1 aliphatic rings. The van der Waals surface area contributed by atoms with Crippen molar-refractivity contribution in [1.29, 1.82) is 0 Å². The maximum atomic E-state index is 12.4. The second kappa shape index (κ2) is 6.00. The topological polar surface area (TPSA) is 29.5 Å². The summed E-state index contributed by atoms with van der Waals surface area (Å²) < 4.78 is 5.40. The summed E-state index contributed by atoms with van der Waals surface area (Å²) in [6.45, 7) is 3.94. The molecule has 0 amide bonds. The average molecular weight is 281 g/mol. The van der Waals surface area contributed by atoms with Gasteiger partial charge in [0.2, 0.25) is 0 Å². The molecular weight excluding hydrogens is 262 g/mol. The summed E-state index contributed by atoms with van der Waals surface area (Å²) in [5.41, 5.74) is 3.26. The van der Waals surface area contributed by atoms with Crippen molar-refractivity contribution in [2.75, 3.05) is 24.6 Å². The van der Waals surface area contributed by atoms with Crippen LogP contribution in [0.4, 0.5) is 5.69 Å². The predicted octanol–water partition coefficient (Wildman–Crippen LogP) is 3.33. The Hall–Kier alpha value is -2.29. The van der Waals surface area contributed by atoms with Gasteiger partial charge in [0.05, 0.1) is 13.2 Å². The summed E-state index contributed by atoms with van der Waals surface area (Å²) in [7, 11) is 0. The molecule has 0 N–H and O–H groups in total. The Morgan fingerprint density at radius 1 is 1.14 bits per heavy atom. The van der Waals surface area contributed by atoms with Crippen LogP contribution in [0.1, 0.15) is 22.8 Å². The minimum Gasteiger partial charge on any atom is -0.494 e. The second-order valence-corrected chi connectivity index (χ2v) is 5.18. The van der Waals surface area contributed by atoms with Crippen molar-refractivity contribution in [3.05, 3.63) is 59.7 Å². The highest BCUT2D eigenvalue weighted by molar-refractivity contribution is 5.99. The fourth-order valence-corrected chi connectivity index (χ4v) is 2.74. The molecular formula is C18H19NO2. The molecule has 21 heavy (non-hydrogen) atoms. The third-order valence-electron chi connectivity index (χ3n) is 3.81. The smallest absolute Gasteiger partial charge is 0.182 e. The van der Waals surface area contributed by atoms with Gasteiger partial charge in [-0.3, -0.25) is 4.79 Å². The van der Waals surface area contributed by atoms with Crippen LogP contribution < -0.4 is 9.64 Å². The molecule has 0 fully saturated rings. The number of Topliss-reactive ketones (excluding diaryl/α,β-unsaturated/α-hetero) is 1. The van der Waals surface area contributed by atoms with E-state index in [9.17, 15) is 4.79 Å². The van der Waals surface area contributed by atoms with E-state index in [1.54, 1.807) is 0 Å². The molecule has 3 nitrogen and oxygen atoms in total. The third-order valence-corrected chi connectivity index (χ3v) is 3.81. The molecule has 0 atom stereocenters.